The van der Waals surface area contributed by atoms with Gasteiger partial charge in [-0.05, 0) is 42.0 Å². The van der Waals surface area contributed by atoms with Crippen molar-refractivity contribution in [3.05, 3.63) is 83.3 Å². The summed E-state index contributed by atoms with van der Waals surface area (Å²) in [5.41, 5.74) is 1.32. The van der Waals surface area contributed by atoms with Crippen LogP contribution in [0.25, 0.3) is 0 Å². The van der Waals surface area contributed by atoms with Gasteiger partial charge in [-0.1, -0.05) is 29.8 Å². The molecule has 0 fully saturated rings. The number of carbonyl (C=O) groups excluding carboxylic acids is 1. The molecule has 0 aliphatic rings. The van der Waals surface area contributed by atoms with Crippen LogP contribution in [0.4, 0.5) is 10.1 Å². The standard InChI is InChI=1S/C20H16ClFN2O3/c21-18-4-2-1-3-14(18)12-26-13-19(25)24-16-7-10-20(23-11-16)27-17-8-5-15(22)6-9-17/h1-11H,12-13H2,(H,24,25). The number of pyridine rings is 1. The van der Waals surface area contributed by atoms with Crippen molar-refractivity contribution in [2.45, 2.75) is 6.61 Å². The van der Waals surface area contributed by atoms with E-state index in [0.717, 1.165) is 5.56 Å². The third-order valence-corrected chi connectivity index (χ3v) is 3.87. The number of nitrogens with one attached hydrogen (secondary N) is 1. The van der Waals surface area contributed by atoms with Gasteiger partial charge >= 0.3 is 0 Å². The largest absolute Gasteiger partial charge is 0.439 e. The molecule has 138 valence electrons. The molecule has 1 N–H and O–H groups in total. The summed E-state index contributed by atoms with van der Waals surface area (Å²) in [6.45, 7) is 0.134. The predicted octanol–water partition coefficient (Wildman–Crippen LogP) is 4.82. The number of amides is 1. The molecule has 0 saturated carbocycles. The van der Waals surface area contributed by atoms with Crippen molar-refractivity contribution >= 4 is 23.2 Å². The minimum Gasteiger partial charge on any atom is -0.439 e. The highest BCUT2D eigenvalue weighted by molar-refractivity contribution is 6.31. The Kier molecular flexibility index (Phi) is 6.35. The first kappa shape index (κ1) is 18.8. The number of halogens is 2. The number of aromatic nitrogens is 1. The minimum absolute atomic E-state index is 0.112. The molecule has 2 aromatic carbocycles. The molecule has 0 aliphatic carbocycles. The number of nitrogens with zero attached hydrogens (tertiary/aromatic N) is 1. The number of carbonyl (C=O) groups is 1. The van der Waals surface area contributed by atoms with Crippen molar-refractivity contribution in [1.82, 2.24) is 4.98 Å². The summed E-state index contributed by atoms with van der Waals surface area (Å²) < 4.78 is 23.7. The van der Waals surface area contributed by atoms with E-state index < -0.39 is 0 Å². The van der Waals surface area contributed by atoms with Crippen LogP contribution in [0.2, 0.25) is 5.02 Å². The third kappa shape index (κ3) is 5.77. The molecule has 1 aromatic heterocycles. The zero-order chi connectivity index (χ0) is 19.1. The fourth-order valence-electron chi connectivity index (χ4n) is 2.20. The summed E-state index contributed by atoms with van der Waals surface area (Å²) in [7, 11) is 0. The van der Waals surface area contributed by atoms with Crippen molar-refractivity contribution in [3.8, 4) is 11.6 Å². The van der Waals surface area contributed by atoms with Crippen LogP contribution in [-0.4, -0.2) is 17.5 Å². The van der Waals surface area contributed by atoms with Gasteiger partial charge in [0, 0.05) is 11.1 Å². The molecule has 0 radical (unpaired) electrons. The summed E-state index contributed by atoms with van der Waals surface area (Å²) in [5.74, 6) is 0.143. The Morgan fingerprint density at radius 1 is 1.07 bits per heavy atom. The smallest absolute Gasteiger partial charge is 0.250 e. The lowest BCUT2D eigenvalue weighted by molar-refractivity contribution is -0.121. The summed E-state index contributed by atoms with van der Waals surface area (Å²) in [6, 6.07) is 16.1. The van der Waals surface area contributed by atoms with Gasteiger partial charge in [-0.25, -0.2) is 9.37 Å². The molecule has 0 bridgehead atoms. The first-order valence-corrected chi connectivity index (χ1v) is 8.48. The van der Waals surface area contributed by atoms with Crippen LogP contribution in [0, 0.1) is 5.82 Å². The van der Waals surface area contributed by atoms with Gasteiger partial charge in [0.1, 0.15) is 18.2 Å². The summed E-state index contributed by atoms with van der Waals surface area (Å²) in [6.07, 6.45) is 1.46. The first-order chi connectivity index (χ1) is 13.1. The van der Waals surface area contributed by atoms with Gasteiger partial charge in [0.25, 0.3) is 0 Å². The van der Waals surface area contributed by atoms with E-state index in [9.17, 15) is 9.18 Å². The molecule has 7 heteroatoms. The first-order valence-electron chi connectivity index (χ1n) is 8.10. The van der Waals surface area contributed by atoms with Crippen molar-refractivity contribution in [3.63, 3.8) is 0 Å². The summed E-state index contributed by atoms with van der Waals surface area (Å²) in [5, 5.41) is 3.27. The van der Waals surface area contributed by atoms with Gasteiger partial charge in [0.2, 0.25) is 11.8 Å². The second-order valence-corrected chi connectivity index (χ2v) is 5.98. The fourth-order valence-corrected chi connectivity index (χ4v) is 2.39. The van der Waals surface area contributed by atoms with Crippen LogP contribution in [0.15, 0.2) is 66.9 Å². The topological polar surface area (TPSA) is 60.5 Å². The molecule has 5 nitrogen and oxygen atoms in total. The lowest BCUT2D eigenvalue weighted by atomic mass is 10.2. The van der Waals surface area contributed by atoms with Crippen LogP contribution in [0.3, 0.4) is 0 Å². The van der Waals surface area contributed by atoms with E-state index in [1.165, 1.54) is 30.5 Å². The van der Waals surface area contributed by atoms with Crippen molar-refractivity contribution in [2.75, 3.05) is 11.9 Å². The number of benzene rings is 2. The van der Waals surface area contributed by atoms with E-state index in [4.69, 9.17) is 21.1 Å². The van der Waals surface area contributed by atoms with E-state index in [2.05, 4.69) is 10.3 Å². The molecular weight excluding hydrogens is 371 g/mol. The number of hydrogen-bond donors (Lipinski definition) is 1. The molecule has 1 amide bonds. The molecule has 0 atom stereocenters. The Morgan fingerprint density at radius 2 is 1.85 bits per heavy atom. The summed E-state index contributed by atoms with van der Waals surface area (Å²) in [4.78, 5) is 16.0. The van der Waals surface area contributed by atoms with Crippen molar-refractivity contribution < 1.29 is 18.7 Å². The van der Waals surface area contributed by atoms with Gasteiger partial charge in [-0.2, -0.15) is 0 Å². The van der Waals surface area contributed by atoms with Crippen molar-refractivity contribution in [1.29, 1.82) is 0 Å². The maximum Gasteiger partial charge on any atom is 0.250 e. The quantitative estimate of drug-likeness (QED) is 0.632. The third-order valence-electron chi connectivity index (χ3n) is 3.50. The van der Waals surface area contributed by atoms with Gasteiger partial charge in [-0.15, -0.1) is 0 Å². The van der Waals surface area contributed by atoms with Crippen LogP contribution >= 0.6 is 11.6 Å². The molecule has 0 saturated heterocycles. The van der Waals surface area contributed by atoms with E-state index in [0.29, 0.717) is 22.3 Å². The maximum absolute atomic E-state index is 12.9. The zero-order valence-corrected chi connectivity index (χ0v) is 14.9. The van der Waals surface area contributed by atoms with Crippen LogP contribution in [0.1, 0.15) is 5.56 Å². The SMILES string of the molecule is O=C(COCc1ccccc1Cl)Nc1ccc(Oc2ccc(F)cc2)nc1. The Morgan fingerprint density at radius 3 is 2.56 bits per heavy atom. The average molecular weight is 387 g/mol. The summed E-state index contributed by atoms with van der Waals surface area (Å²) >= 11 is 6.03. The normalized spacial score (nSPS) is 10.4. The van der Waals surface area contributed by atoms with Gasteiger partial charge in [0.05, 0.1) is 18.5 Å². The highest BCUT2D eigenvalue weighted by Crippen LogP contribution is 2.20. The van der Waals surface area contributed by atoms with E-state index >= 15 is 0 Å². The second-order valence-electron chi connectivity index (χ2n) is 5.57. The average Bonchev–Trinajstić information content (AvgIpc) is 2.67. The highest BCUT2D eigenvalue weighted by atomic mass is 35.5. The maximum atomic E-state index is 12.9. The number of rotatable bonds is 7. The zero-order valence-electron chi connectivity index (χ0n) is 14.2. The van der Waals surface area contributed by atoms with E-state index in [1.807, 2.05) is 18.2 Å². The van der Waals surface area contributed by atoms with Crippen LogP contribution in [-0.2, 0) is 16.1 Å². The lowest BCUT2D eigenvalue weighted by Crippen LogP contribution is -2.18. The Balaban J connectivity index is 1.46. The van der Waals surface area contributed by atoms with Crippen LogP contribution < -0.4 is 10.1 Å². The Labute approximate surface area is 160 Å². The highest BCUT2D eigenvalue weighted by Gasteiger charge is 2.06. The number of hydrogen-bond acceptors (Lipinski definition) is 4. The molecule has 0 unspecified atom stereocenters. The van der Waals surface area contributed by atoms with Crippen LogP contribution in [0.5, 0.6) is 11.6 Å². The number of anilines is 1. The van der Waals surface area contributed by atoms with Crippen molar-refractivity contribution in [2.24, 2.45) is 0 Å². The molecule has 0 aliphatic heterocycles. The minimum atomic E-state index is -0.342. The van der Waals surface area contributed by atoms with E-state index in [1.54, 1.807) is 18.2 Å². The fraction of sp³-hybridized carbons (Fsp3) is 0.100. The molecule has 3 rings (SSSR count). The Hall–Kier alpha value is -2.96. The second kappa shape index (κ2) is 9.12. The molecule has 27 heavy (non-hydrogen) atoms. The van der Waals surface area contributed by atoms with Gasteiger partial charge in [-0.3, -0.25) is 4.79 Å². The van der Waals surface area contributed by atoms with Gasteiger partial charge in [0.15, 0.2) is 0 Å². The number of ether oxygens (including phenoxy) is 2. The molecule has 3 aromatic rings. The monoisotopic (exact) mass is 386 g/mol. The van der Waals surface area contributed by atoms with E-state index in [-0.39, 0.29) is 24.9 Å². The molecule has 1 heterocycles. The Bertz CT molecular complexity index is 902. The molecular formula is C20H16ClFN2O3. The van der Waals surface area contributed by atoms with Gasteiger partial charge < -0.3 is 14.8 Å². The molecule has 0 spiro atoms. The lowest BCUT2D eigenvalue weighted by Gasteiger charge is -2.08. The predicted molar refractivity (Wildman–Crippen MR) is 100 cm³/mol.